The zero-order valence-corrected chi connectivity index (χ0v) is 10.7. The van der Waals surface area contributed by atoms with Crippen molar-refractivity contribution in [2.75, 3.05) is 0 Å². The molecule has 2 rings (SSSR count). The molecule has 0 aliphatic carbocycles. The van der Waals surface area contributed by atoms with Gasteiger partial charge in [-0.25, -0.2) is 8.78 Å². The molecule has 19 heavy (non-hydrogen) atoms. The molecule has 100 valence electrons. The highest BCUT2D eigenvalue weighted by atomic mass is 32.2. The quantitative estimate of drug-likeness (QED) is 0.814. The molecule has 0 aromatic heterocycles. The molecule has 0 amide bonds. The second-order valence-electron chi connectivity index (χ2n) is 3.91. The Morgan fingerprint density at radius 3 is 2.42 bits per heavy atom. The number of hydrogen-bond acceptors (Lipinski definition) is 3. The minimum Gasteiger partial charge on any atom is -0.379 e. The number of hydrogen-bond donors (Lipinski definition) is 0. The van der Waals surface area contributed by atoms with Gasteiger partial charge >= 0.3 is 10.1 Å². The monoisotopic (exact) mass is 284 g/mol. The first-order valence-electron chi connectivity index (χ1n) is 5.35. The smallest absolute Gasteiger partial charge is 0.339 e. The van der Waals surface area contributed by atoms with Gasteiger partial charge in [0.2, 0.25) is 0 Å². The zero-order chi connectivity index (χ0) is 14.0. The second-order valence-corrected chi connectivity index (χ2v) is 5.45. The summed E-state index contributed by atoms with van der Waals surface area (Å²) in [5.41, 5.74) is 0.184. The van der Waals surface area contributed by atoms with Crippen LogP contribution in [0.15, 0.2) is 47.4 Å². The minimum absolute atomic E-state index is 0.137. The molecule has 0 atom stereocenters. The van der Waals surface area contributed by atoms with Crippen molar-refractivity contribution in [3.8, 4) is 5.75 Å². The molecule has 0 radical (unpaired) electrons. The van der Waals surface area contributed by atoms with Crippen LogP contribution in [0.1, 0.15) is 5.56 Å². The molecule has 0 N–H and O–H groups in total. The largest absolute Gasteiger partial charge is 0.379 e. The van der Waals surface area contributed by atoms with E-state index in [2.05, 4.69) is 0 Å². The molecule has 6 heteroatoms. The van der Waals surface area contributed by atoms with Gasteiger partial charge in [-0.1, -0.05) is 6.07 Å². The number of rotatable bonds is 3. The minimum atomic E-state index is -4.10. The Morgan fingerprint density at radius 2 is 1.79 bits per heavy atom. The van der Waals surface area contributed by atoms with E-state index in [-0.39, 0.29) is 16.2 Å². The summed E-state index contributed by atoms with van der Waals surface area (Å²) in [6.45, 7) is 1.44. The average Bonchev–Trinajstić information content (AvgIpc) is 2.32. The van der Waals surface area contributed by atoms with Crippen LogP contribution in [0.2, 0.25) is 0 Å². The predicted molar refractivity (Wildman–Crippen MR) is 65.4 cm³/mol. The molecule has 0 unspecified atom stereocenters. The fraction of sp³-hybridized carbons (Fsp3) is 0.0769. The molecule has 0 bridgehead atoms. The highest BCUT2D eigenvalue weighted by Gasteiger charge is 2.18. The molecular weight excluding hydrogens is 274 g/mol. The van der Waals surface area contributed by atoms with Gasteiger partial charge in [0.25, 0.3) is 0 Å². The van der Waals surface area contributed by atoms with Gasteiger partial charge in [-0.2, -0.15) is 8.42 Å². The first kappa shape index (κ1) is 13.5. The molecule has 0 saturated heterocycles. The lowest BCUT2D eigenvalue weighted by Gasteiger charge is -2.07. The summed E-state index contributed by atoms with van der Waals surface area (Å²) >= 11 is 0. The molecule has 3 nitrogen and oxygen atoms in total. The van der Waals surface area contributed by atoms with Crippen molar-refractivity contribution in [2.45, 2.75) is 11.8 Å². The van der Waals surface area contributed by atoms with E-state index < -0.39 is 21.8 Å². The van der Waals surface area contributed by atoms with Crippen LogP contribution >= 0.6 is 0 Å². The summed E-state index contributed by atoms with van der Waals surface area (Å²) in [6.07, 6.45) is 0. The van der Waals surface area contributed by atoms with Crippen LogP contribution in [-0.2, 0) is 10.1 Å². The maximum Gasteiger partial charge on any atom is 0.339 e. The Labute approximate surface area is 109 Å². The molecule has 2 aromatic rings. The third kappa shape index (κ3) is 3.08. The van der Waals surface area contributed by atoms with Crippen molar-refractivity contribution in [3.63, 3.8) is 0 Å². The van der Waals surface area contributed by atoms with Gasteiger partial charge in [-0.05, 0) is 42.8 Å². The van der Waals surface area contributed by atoms with Gasteiger partial charge < -0.3 is 4.18 Å². The molecule has 0 fully saturated rings. The Bertz CT molecular complexity index is 712. The van der Waals surface area contributed by atoms with Crippen LogP contribution in [-0.4, -0.2) is 8.42 Å². The Kier molecular flexibility index (Phi) is 3.53. The summed E-state index contributed by atoms with van der Waals surface area (Å²) in [6, 6.07) is 8.06. The SMILES string of the molecule is Cc1cc(S(=O)(=O)Oc2cccc(F)c2)ccc1F. The molecule has 2 aromatic carbocycles. The van der Waals surface area contributed by atoms with E-state index in [1.54, 1.807) is 0 Å². The van der Waals surface area contributed by atoms with Gasteiger partial charge in [0, 0.05) is 6.07 Å². The topological polar surface area (TPSA) is 43.4 Å². The highest BCUT2D eigenvalue weighted by Crippen LogP contribution is 2.20. The lowest BCUT2D eigenvalue weighted by atomic mass is 10.2. The molecule has 0 spiro atoms. The van der Waals surface area contributed by atoms with E-state index in [0.29, 0.717) is 0 Å². The van der Waals surface area contributed by atoms with Crippen LogP contribution in [0.4, 0.5) is 8.78 Å². The van der Waals surface area contributed by atoms with Crippen LogP contribution in [0.25, 0.3) is 0 Å². The standard InChI is InChI=1S/C13H10F2O3S/c1-9-7-12(5-6-13(9)15)19(16,17)18-11-4-2-3-10(14)8-11/h2-8H,1H3. The van der Waals surface area contributed by atoms with Crippen LogP contribution in [0.5, 0.6) is 5.75 Å². The van der Waals surface area contributed by atoms with Gasteiger partial charge in [0.05, 0.1) is 0 Å². The summed E-state index contributed by atoms with van der Waals surface area (Å²) < 4.78 is 54.6. The third-order valence-electron chi connectivity index (χ3n) is 2.42. The summed E-state index contributed by atoms with van der Waals surface area (Å²) in [7, 11) is -4.10. The maximum absolute atomic E-state index is 13.1. The van der Waals surface area contributed by atoms with Crippen molar-refractivity contribution >= 4 is 10.1 Å². The number of halogens is 2. The molecule has 0 heterocycles. The summed E-state index contributed by atoms with van der Waals surface area (Å²) in [4.78, 5) is -0.185. The first-order chi connectivity index (χ1) is 8.88. The Morgan fingerprint density at radius 1 is 1.05 bits per heavy atom. The predicted octanol–water partition coefficient (Wildman–Crippen LogP) is 3.04. The van der Waals surface area contributed by atoms with E-state index in [0.717, 1.165) is 24.3 Å². The molecule has 0 aliphatic heterocycles. The lowest BCUT2D eigenvalue weighted by Crippen LogP contribution is -2.10. The van der Waals surface area contributed by atoms with E-state index >= 15 is 0 Å². The maximum atomic E-state index is 13.1. The van der Waals surface area contributed by atoms with Gasteiger partial charge in [0.1, 0.15) is 22.3 Å². The van der Waals surface area contributed by atoms with Gasteiger partial charge in [-0.15, -0.1) is 0 Å². The second kappa shape index (κ2) is 4.97. The Balaban J connectivity index is 2.35. The van der Waals surface area contributed by atoms with E-state index in [1.165, 1.54) is 25.1 Å². The first-order valence-corrected chi connectivity index (χ1v) is 6.75. The lowest BCUT2D eigenvalue weighted by molar-refractivity contribution is 0.483. The highest BCUT2D eigenvalue weighted by molar-refractivity contribution is 7.87. The summed E-state index contributed by atoms with van der Waals surface area (Å²) in [5, 5.41) is 0. The molecular formula is C13H10F2O3S. The fourth-order valence-electron chi connectivity index (χ4n) is 1.47. The fourth-order valence-corrected chi connectivity index (χ4v) is 2.48. The number of aryl methyl sites for hydroxylation is 1. The summed E-state index contributed by atoms with van der Waals surface area (Å²) in [5.74, 6) is -1.25. The number of benzene rings is 2. The van der Waals surface area contributed by atoms with Gasteiger partial charge in [0.15, 0.2) is 0 Å². The van der Waals surface area contributed by atoms with E-state index in [4.69, 9.17) is 4.18 Å². The zero-order valence-electron chi connectivity index (χ0n) is 9.93. The molecule has 0 aliphatic rings. The van der Waals surface area contributed by atoms with Crippen molar-refractivity contribution in [2.24, 2.45) is 0 Å². The van der Waals surface area contributed by atoms with Crippen molar-refractivity contribution < 1.29 is 21.4 Å². The van der Waals surface area contributed by atoms with Crippen LogP contribution in [0.3, 0.4) is 0 Å². The normalized spacial score (nSPS) is 11.3. The average molecular weight is 284 g/mol. The van der Waals surface area contributed by atoms with Crippen LogP contribution < -0.4 is 4.18 Å². The van der Waals surface area contributed by atoms with Crippen molar-refractivity contribution in [3.05, 3.63) is 59.7 Å². The third-order valence-corrected chi connectivity index (χ3v) is 3.66. The van der Waals surface area contributed by atoms with Gasteiger partial charge in [-0.3, -0.25) is 0 Å². The van der Waals surface area contributed by atoms with Crippen molar-refractivity contribution in [1.29, 1.82) is 0 Å². The van der Waals surface area contributed by atoms with E-state index in [9.17, 15) is 17.2 Å². The molecule has 0 saturated carbocycles. The van der Waals surface area contributed by atoms with Crippen LogP contribution in [0, 0.1) is 18.6 Å². The van der Waals surface area contributed by atoms with E-state index in [1.807, 2.05) is 0 Å². The van der Waals surface area contributed by atoms with Crippen molar-refractivity contribution in [1.82, 2.24) is 0 Å². The Hall–Kier alpha value is -1.95.